The van der Waals surface area contributed by atoms with E-state index in [1.807, 2.05) is 32.0 Å². The Kier molecular flexibility index (Phi) is 4.38. The predicted molar refractivity (Wildman–Crippen MR) is 112 cm³/mol. The van der Waals surface area contributed by atoms with Crippen LogP contribution in [0.3, 0.4) is 0 Å². The van der Waals surface area contributed by atoms with Crippen LogP contribution in [-0.4, -0.2) is 23.9 Å². The number of hydrogen-bond donors (Lipinski definition) is 2. The quantitative estimate of drug-likeness (QED) is 0.761. The Bertz CT molecular complexity index is 1040. The Hall–Kier alpha value is -3.15. The van der Waals surface area contributed by atoms with Gasteiger partial charge in [0, 0.05) is 22.9 Å². The molecular weight excluding hydrogens is 380 g/mol. The van der Waals surface area contributed by atoms with E-state index in [-0.39, 0.29) is 47.6 Å². The average Bonchev–Trinajstić information content (AvgIpc) is 3.30. The van der Waals surface area contributed by atoms with Gasteiger partial charge in [-0.15, -0.1) is 0 Å². The smallest absolute Gasteiger partial charge is 0.310 e. The van der Waals surface area contributed by atoms with Gasteiger partial charge in [-0.25, -0.2) is 0 Å². The van der Waals surface area contributed by atoms with E-state index in [2.05, 4.69) is 10.6 Å². The Morgan fingerprint density at radius 3 is 2.50 bits per heavy atom. The molecule has 1 heterocycles. The number of hydrogen-bond acceptors (Lipinski definition) is 4. The van der Waals surface area contributed by atoms with Crippen LogP contribution < -0.4 is 10.6 Å². The molecule has 6 heteroatoms. The number of aryl methyl sites for hydroxylation is 2. The van der Waals surface area contributed by atoms with Crippen molar-refractivity contribution in [3.8, 4) is 0 Å². The molecule has 0 unspecified atom stereocenters. The summed E-state index contributed by atoms with van der Waals surface area (Å²) in [7, 11) is 0. The van der Waals surface area contributed by atoms with Gasteiger partial charge in [-0.1, -0.05) is 12.1 Å². The molecule has 1 saturated heterocycles. The largest absolute Gasteiger partial charge is 0.462 e. The molecule has 5 atom stereocenters. The summed E-state index contributed by atoms with van der Waals surface area (Å²) >= 11 is 0. The second kappa shape index (κ2) is 6.97. The average molecular weight is 404 g/mol. The first kappa shape index (κ1) is 18.9. The van der Waals surface area contributed by atoms with E-state index >= 15 is 0 Å². The Morgan fingerprint density at radius 1 is 0.967 bits per heavy atom. The standard InChI is InChI=1S/C24H24N2O4/c1-12-6-13(2)8-17(7-12)26-22(27)14-4-3-5-16(9-14)25-23(28)20-15-10-18-19(11-15)30-24(29)21(18)20/h3-9,15,18-21H,10-11H2,1-2H3,(H,25,28)(H,26,27)/t15-,18+,19-,20+,21+/m0/s1. The first-order valence-corrected chi connectivity index (χ1v) is 10.4. The summed E-state index contributed by atoms with van der Waals surface area (Å²) in [5, 5.41) is 5.83. The third-order valence-corrected chi connectivity index (χ3v) is 6.66. The van der Waals surface area contributed by atoms with Crippen molar-refractivity contribution >= 4 is 29.2 Å². The molecule has 3 fully saturated rings. The van der Waals surface area contributed by atoms with E-state index in [0.29, 0.717) is 11.3 Å². The van der Waals surface area contributed by atoms with Crippen LogP contribution in [0.1, 0.15) is 34.3 Å². The number of ether oxygens (including phenoxy) is 1. The van der Waals surface area contributed by atoms with E-state index in [0.717, 1.165) is 29.7 Å². The van der Waals surface area contributed by atoms with Crippen molar-refractivity contribution in [2.45, 2.75) is 32.8 Å². The Morgan fingerprint density at radius 2 is 1.73 bits per heavy atom. The molecule has 2 aliphatic carbocycles. The highest BCUT2D eigenvalue weighted by Gasteiger charge is 2.63. The lowest BCUT2D eigenvalue weighted by Gasteiger charge is -2.23. The molecule has 3 aliphatic rings. The fourth-order valence-corrected chi connectivity index (χ4v) is 5.58. The van der Waals surface area contributed by atoms with Gasteiger partial charge in [0.05, 0.1) is 11.8 Å². The first-order valence-electron chi connectivity index (χ1n) is 10.4. The maximum Gasteiger partial charge on any atom is 0.310 e. The summed E-state index contributed by atoms with van der Waals surface area (Å²) in [6.07, 6.45) is 1.68. The molecule has 2 amide bonds. The maximum atomic E-state index is 13.0. The zero-order chi connectivity index (χ0) is 21.0. The molecule has 154 valence electrons. The molecule has 1 aliphatic heterocycles. The lowest BCUT2D eigenvalue weighted by molar-refractivity contribution is -0.145. The van der Waals surface area contributed by atoms with Gasteiger partial charge in [-0.3, -0.25) is 14.4 Å². The van der Waals surface area contributed by atoms with Crippen molar-refractivity contribution in [1.82, 2.24) is 0 Å². The molecule has 2 bridgehead atoms. The molecule has 0 spiro atoms. The van der Waals surface area contributed by atoms with Crippen LogP contribution in [0.4, 0.5) is 11.4 Å². The van der Waals surface area contributed by atoms with Crippen LogP contribution in [0.2, 0.25) is 0 Å². The number of fused-ring (bicyclic) bond motifs is 1. The van der Waals surface area contributed by atoms with Crippen molar-refractivity contribution in [3.05, 3.63) is 59.2 Å². The molecule has 5 rings (SSSR count). The number of rotatable bonds is 4. The number of amides is 2. The van der Waals surface area contributed by atoms with E-state index < -0.39 is 0 Å². The normalized spacial score (nSPS) is 28.3. The van der Waals surface area contributed by atoms with E-state index in [1.54, 1.807) is 24.3 Å². The van der Waals surface area contributed by atoms with Gasteiger partial charge in [-0.2, -0.15) is 0 Å². The van der Waals surface area contributed by atoms with Crippen LogP contribution in [0.5, 0.6) is 0 Å². The van der Waals surface area contributed by atoms with Crippen molar-refractivity contribution in [2.24, 2.45) is 23.7 Å². The van der Waals surface area contributed by atoms with Crippen molar-refractivity contribution in [2.75, 3.05) is 10.6 Å². The lowest BCUT2D eigenvalue weighted by Crippen LogP contribution is -2.35. The van der Waals surface area contributed by atoms with E-state index in [4.69, 9.17) is 4.74 Å². The summed E-state index contributed by atoms with van der Waals surface area (Å²) in [6, 6.07) is 12.8. The van der Waals surface area contributed by atoms with Crippen LogP contribution in [0.25, 0.3) is 0 Å². The zero-order valence-electron chi connectivity index (χ0n) is 17.0. The van der Waals surface area contributed by atoms with Gasteiger partial charge in [0.15, 0.2) is 0 Å². The fourth-order valence-electron chi connectivity index (χ4n) is 5.58. The minimum atomic E-state index is -0.339. The van der Waals surface area contributed by atoms with Gasteiger partial charge in [-0.05, 0) is 74.1 Å². The monoisotopic (exact) mass is 404 g/mol. The summed E-state index contributed by atoms with van der Waals surface area (Å²) < 4.78 is 5.42. The Labute approximate surface area is 175 Å². The summed E-state index contributed by atoms with van der Waals surface area (Å²) in [4.78, 5) is 37.8. The number of nitrogens with one attached hydrogen (secondary N) is 2. The SMILES string of the molecule is Cc1cc(C)cc(NC(=O)c2cccc(NC(=O)[C@@H]3[C@H]4C[C@H]5[C@H]3C(=O)O[C@H]5C4)c2)c1. The Balaban J connectivity index is 1.30. The highest BCUT2D eigenvalue weighted by atomic mass is 16.6. The molecule has 2 aromatic carbocycles. The molecule has 2 N–H and O–H groups in total. The van der Waals surface area contributed by atoms with Crippen LogP contribution in [0.15, 0.2) is 42.5 Å². The van der Waals surface area contributed by atoms with Gasteiger partial charge >= 0.3 is 5.97 Å². The maximum absolute atomic E-state index is 13.0. The number of anilines is 2. The van der Waals surface area contributed by atoms with Crippen LogP contribution >= 0.6 is 0 Å². The zero-order valence-corrected chi connectivity index (χ0v) is 17.0. The molecular formula is C24H24N2O4. The van der Waals surface area contributed by atoms with E-state index in [1.165, 1.54) is 0 Å². The van der Waals surface area contributed by atoms with Gasteiger partial charge < -0.3 is 15.4 Å². The topological polar surface area (TPSA) is 84.5 Å². The third kappa shape index (κ3) is 3.16. The van der Waals surface area contributed by atoms with E-state index in [9.17, 15) is 14.4 Å². The van der Waals surface area contributed by atoms with Crippen molar-refractivity contribution < 1.29 is 19.1 Å². The number of esters is 1. The second-order valence-electron chi connectivity index (χ2n) is 8.82. The van der Waals surface area contributed by atoms with Gasteiger partial charge in [0.25, 0.3) is 5.91 Å². The van der Waals surface area contributed by atoms with Gasteiger partial charge in [0.2, 0.25) is 5.91 Å². The minimum absolute atomic E-state index is 0.00818. The molecule has 0 aromatic heterocycles. The van der Waals surface area contributed by atoms with Crippen molar-refractivity contribution in [1.29, 1.82) is 0 Å². The van der Waals surface area contributed by atoms with Crippen molar-refractivity contribution in [3.63, 3.8) is 0 Å². The predicted octanol–water partition coefficient (Wildman–Crippen LogP) is 3.69. The highest BCUT2D eigenvalue weighted by Crippen LogP contribution is 2.57. The number of benzene rings is 2. The summed E-state index contributed by atoms with van der Waals surface area (Å²) in [5.41, 5.74) is 3.90. The van der Waals surface area contributed by atoms with Gasteiger partial charge in [0.1, 0.15) is 6.10 Å². The summed E-state index contributed by atoms with van der Waals surface area (Å²) in [5.74, 6) is -0.888. The summed E-state index contributed by atoms with van der Waals surface area (Å²) in [6.45, 7) is 3.97. The molecule has 0 radical (unpaired) electrons. The number of carbonyl (C=O) groups excluding carboxylic acids is 3. The first-order chi connectivity index (χ1) is 14.4. The van der Waals surface area contributed by atoms with Crippen LogP contribution in [-0.2, 0) is 14.3 Å². The third-order valence-electron chi connectivity index (χ3n) is 6.66. The van der Waals surface area contributed by atoms with Crippen LogP contribution in [0, 0.1) is 37.5 Å². The lowest BCUT2D eigenvalue weighted by atomic mass is 9.79. The molecule has 2 aromatic rings. The second-order valence-corrected chi connectivity index (χ2v) is 8.82. The minimum Gasteiger partial charge on any atom is -0.462 e. The molecule has 2 saturated carbocycles. The number of carbonyl (C=O) groups is 3. The molecule has 6 nitrogen and oxygen atoms in total. The fraction of sp³-hybridized carbons (Fsp3) is 0.375. The highest BCUT2D eigenvalue weighted by molar-refractivity contribution is 6.05. The molecule has 30 heavy (non-hydrogen) atoms.